The number of hydrogen-bond acceptors (Lipinski definition) is 4. The lowest BCUT2D eigenvalue weighted by Crippen LogP contribution is -2.24. The minimum Gasteiger partial charge on any atom is -0.508 e. The van der Waals surface area contributed by atoms with E-state index in [9.17, 15) is 5.11 Å². The number of hydrogen-bond donors (Lipinski definition) is 1. The van der Waals surface area contributed by atoms with Gasteiger partial charge in [0, 0.05) is 7.11 Å². The molecule has 0 spiro atoms. The second-order valence-electron chi connectivity index (χ2n) is 5.40. The van der Waals surface area contributed by atoms with Gasteiger partial charge in [-0.25, -0.2) is 0 Å². The third-order valence-electron chi connectivity index (χ3n) is 3.39. The third kappa shape index (κ3) is 6.38. The number of benzene rings is 2. The fourth-order valence-electron chi connectivity index (χ4n) is 2.07. The van der Waals surface area contributed by atoms with E-state index in [2.05, 4.69) is 0 Å². The number of methoxy groups -OCH3 is 1. The van der Waals surface area contributed by atoms with Crippen molar-refractivity contribution in [3.63, 3.8) is 0 Å². The highest BCUT2D eigenvalue weighted by Gasteiger charge is 2.13. The maximum atomic E-state index is 9.30. The molecule has 1 unspecified atom stereocenters. The Labute approximate surface area is 167 Å². The molecule has 0 saturated carbocycles. The molecule has 0 fully saturated rings. The number of halogens is 3. The van der Waals surface area contributed by atoms with Crippen molar-refractivity contribution >= 4 is 47.0 Å². The van der Waals surface area contributed by atoms with Crippen molar-refractivity contribution in [2.45, 2.75) is 6.10 Å². The molecule has 0 saturated heterocycles. The van der Waals surface area contributed by atoms with Gasteiger partial charge in [0.25, 0.3) is 0 Å². The Hall–Kier alpha value is -1.43. The first kappa shape index (κ1) is 20.9. The minimum absolute atomic E-state index is 0.128. The van der Waals surface area contributed by atoms with Crippen LogP contribution in [0, 0.1) is 0 Å². The van der Waals surface area contributed by atoms with Gasteiger partial charge < -0.3 is 19.3 Å². The second kappa shape index (κ2) is 10.7. The van der Waals surface area contributed by atoms with Gasteiger partial charge in [-0.1, -0.05) is 47.5 Å². The average Bonchev–Trinajstić information content (AvgIpc) is 2.63. The third-order valence-corrected chi connectivity index (χ3v) is 4.29. The summed E-state index contributed by atoms with van der Waals surface area (Å²) in [7, 11) is 1.53. The molecule has 2 aromatic rings. The number of ether oxygens (including phenoxy) is 3. The summed E-state index contributed by atoms with van der Waals surface area (Å²) in [4.78, 5) is 0. The van der Waals surface area contributed by atoms with Crippen molar-refractivity contribution in [3.05, 3.63) is 57.6 Å². The van der Waals surface area contributed by atoms with Crippen LogP contribution in [0.2, 0.25) is 10.0 Å². The van der Waals surface area contributed by atoms with Crippen LogP contribution in [0.5, 0.6) is 11.5 Å². The molecule has 0 aliphatic carbocycles. The maximum Gasteiger partial charge on any atom is 0.156 e. The highest BCUT2D eigenvalue weighted by Crippen LogP contribution is 2.35. The zero-order chi connectivity index (χ0) is 18.9. The van der Waals surface area contributed by atoms with Gasteiger partial charge >= 0.3 is 0 Å². The number of rotatable bonds is 9. The zero-order valence-corrected chi connectivity index (χ0v) is 16.4. The summed E-state index contributed by atoms with van der Waals surface area (Å²) in [6, 6.07) is 10.4. The fraction of sp³-hybridized carbons (Fsp3) is 0.263. The molecular weight excluding hydrogens is 399 g/mol. The van der Waals surface area contributed by atoms with E-state index in [-0.39, 0.29) is 31.1 Å². The van der Waals surface area contributed by atoms with E-state index in [1.807, 2.05) is 12.2 Å². The van der Waals surface area contributed by atoms with E-state index in [0.717, 1.165) is 11.1 Å². The molecule has 1 N–H and O–H groups in total. The van der Waals surface area contributed by atoms with Crippen LogP contribution in [-0.4, -0.2) is 37.6 Å². The van der Waals surface area contributed by atoms with Gasteiger partial charge in [0.1, 0.15) is 25.3 Å². The Morgan fingerprint density at radius 3 is 2.23 bits per heavy atom. The maximum absolute atomic E-state index is 9.30. The summed E-state index contributed by atoms with van der Waals surface area (Å²) < 4.78 is 15.9. The van der Waals surface area contributed by atoms with Gasteiger partial charge in [-0.15, -0.1) is 11.6 Å². The number of phenolic OH excluding ortho intramolecular Hbond substituents is 1. The molecule has 0 bridgehead atoms. The first-order valence-corrected chi connectivity index (χ1v) is 9.08. The predicted molar refractivity (Wildman–Crippen MR) is 106 cm³/mol. The lowest BCUT2D eigenvalue weighted by Gasteiger charge is -2.17. The largest absolute Gasteiger partial charge is 0.508 e. The van der Waals surface area contributed by atoms with Gasteiger partial charge in [-0.3, -0.25) is 0 Å². The standard InChI is InChI=1S/C19H19Cl3O4/c1-24-12-26-16(10-20)11-25-19-17(21)8-14(9-18(19)22)3-2-13-4-6-15(23)7-5-13/h2-9,16,23H,10-12H2,1H3. The van der Waals surface area contributed by atoms with E-state index < -0.39 is 0 Å². The predicted octanol–water partition coefficient (Wildman–Crippen LogP) is 5.48. The monoisotopic (exact) mass is 416 g/mol. The molecule has 2 rings (SSSR count). The summed E-state index contributed by atoms with van der Waals surface area (Å²) in [5.41, 5.74) is 1.76. The first-order chi connectivity index (χ1) is 12.5. The smallest absolute Gasteiger partial charge is 0.156 e. The van der Waals surface area contributed by atoms with Crippen molar-refractivity contribution < 1.29 is 19.3 Å². The number of aromatic hydroxyl groups is 1. The van der Waals surface area contributed by atoms with Crippen LogP contribution in [0.3, 0.4) is 0 Å². The molecule has 0 aromatic heterocycles. The van der Waals surface area contributed by atoms with Crippen LogP contribution in [0.4, 0.5) is 0 Å². The molecule has 0 radical (unpaired) electrons. The molecule has 140 valence electrons. The molecule has 7 heteroatoms. The van der Waals surface area contributed by atoms with Crippen LogP contribution in [0.1, 0.15) is 11.1 Å². The summed E-state index contributed by atoms with van der Waals surface area (Å²) in [6.45, 7) is 0.332. The highest BCUT2D eigenvalue weighted by molar-refractivity contribution is 6.37. The summed E-state index contributed by atoms with van der Waals surface area (Å²) in [5, 5.41) is 10.1. The van der Waals surface area contributed by atoms with Crippen LogP contribution < -0.4 is 4.74 Å². The van der Waals surface area contributed by atoms with Gasteiger partial charge in [0.05, 0.1) is 15.9 Å². The molecule has 4 nitrogen and oxygen atoms in total. The molecule has 2 aromatic carbocycles. The van der Waals surface area contributed by atoms with E-state index >= 15 is 0 Å². The normalized spacial score (nSPS) is 12.5. The number of phenols is 1. The van der Waals surface area contributed by atoms with E-state index in [0.29, 0.717) is 15.8 Å². The van der Waals surface area contributed by atoms with Crippen molar-refractivity contribution in [3.8, 4) is 11.5 Å². The lowest BCUT2D eigenvalue weighted by molar-refractivity contribution is -0.0754. The van der Waals surface area contributed by atoms with Gasteiger partial charge in [0.2, 0.25) is 0 Å². The van der Waals surface area contributed by atoms with Crippen LogP contribution >= 0.6 is 34.8 Å². The SMILES string of the molecule is COCOC(CCl)COc1c(Cl)cc(C=Cc2ccc(O)cc2)cc1Cl. The quantitative estimate of drug-likeness (QED) is 0.333. The zero-order valence-electron chi connectivity index (χ0n) is 14.1. The van der Waals surface area contributed by atoms with Crippen LogP contribution in [0.25, 0.3) is 12.2 Å². The Balaban J connectivity index is 2.06. The van der Waals surface area contributed by atoms with Crippen molar-refractivity contribution in [2.75, 3.05) is 26.4 Å². The van der Waals surface area contributed by atoms with E-state index in [1.165, 1.54) is 7.11 Å². The number of alkyl halides is 1. The molecule has 0 amide bonds. The van der Waals surface area contributed by atoms with Gasteiger partial charge in [0.15, 0.2) is 5.75 Å². The van der Waals surface area contributed by atoms with E-state index in [4.69, 9.17) is 49.0 Å². The summed E-state index contributed by atoms with van der Waals surface area (Å²) in [5.74, 6) is 0.859. The fourth-order valence-corrected chi connectivity index (χ4v) is 2.86. The Morgan fingerprint density at radius 2 is 1.65 bits per heavy atom. The molecule has 0 heterocycles. The van der Waals surface area contributed by atoms with E-state index in [1.54, 1.807) is 36.4 Å². The van der Waals surface area contributed by atoms with Crippen LogP contribution in [0.15, 0.2) is 36.4 Å². The van der Waals surface area contributed by atoms with Gasteiger partial charge in [-0.05, 0) is 35.4 Å². The Bertz CT molecular complexity index is 709. The topological polar surface area (TPSA) is 47.9 Å². The molecule has 1 atom stereocenters. The average molecular weight is 418 g/mol. The molecule has 0 aliphatic heterocycles. The first-order valence-electron chi connectivity index (χ1n) is 7.79. The molecular formula is C19H19Cl3O4. The van der Waals surface area contributed by atoms with Crippen molar-refractivity contribution in [2.24, 2.45) is 0 Å². The van der Waals surface area contributed by atoms with Crippen LogP contribution in [-0.2, 0) is 9.47 Å². The minimum atomic E-state index is -0.335. The molecule has 26 heavy (non-hydrogen) atoms. The van der Waals surface area contributed by atoms with Crippen molar-refractivity contribution in [1.82, 2.24) is 0 Å². The Kier molecular flexibility index (Phi) is 8.55. The molecule has 0 aliphatic rings. The highest BCUT2D eigenvalue weighted by atomic mass is 35.5. The summed E-state index contributed by atoms with van der Waals surface area (Å²) in [6.07, 6.45) is 3.43. The van der Waals surface area contributed by atoms with Crippen molar-refractivity contribution in [1.29, 1.82) is 0 Å². The second-order valence-corrected chi connectivity index (χ2v) is 6.52. The Morgan fingerprint density at radius 1 is 1.04 bits per heavy atom. The van der Waals surface area contributed by atoms with Gasteiger partial charge in [-0.2, -0.15) is 0 Å². The lowest BCUT2D eigenvalue weighted by atomic mass is 10.1. The summed E-state index contributed by atoms with van der Waals surface area (Å²) >= 11 is 18.4.